The van der Waals surface area contributed by atoms with Gasteiger partial charge in [-0.3, -0.25) is 14.4 Å². The summed E-state index contributed by atoms with van der Waals surface area (Å²) in [6, 6.07) is 10.2. The summed E-state index contributed by atoms with van der Waals surface area (Å²) in [6.45, 7) is 0.0252. The summed E-state index contributed by atoms with van der Waals surface area (Å²) in [6.07, 6.45) is 3.37. The number of hydrogen-bond acceptors (Lipinski definition) is 5. The third kappa shape index (κ3) is 7.69. The van der Waals surface area contributed by atoms with Crippen LogP contribution in [0.4, 0.5) is 5.69 Å². The molecule has 1 atom stereocenters. The first-order valence-corrected chi connectivity index (χ1v) is 13.2. The molecule has 0 spiro atoms. The van der Waals surface area contributed by atoms with Crippen LogP contribution in [0.15, 0.2) is 42.5 Å². The van der Waals surface area contributed by atoms with E-state index in [1.165, 1.54) is 0 Å². The number of hydrogen-bond donors (Lipinski definition) is 5. The highest BCUT2D eigenvalue weighted by Gasteiger charge is 2.42. The van der Waals surface area contributed by atoms with E-state index in [1.807, 2.05) is 0 Å². The minimum absolute atomic E-state index is 0.00347. The standard InChI is InChI=1S/C27H31Cl2N3O6/c28-19-4-3-5-20(29)23(19)24(35)31-18-8-6-17(7-9-18)16-21(25(36)37)32-26(38)27(11-1-2-12-27)13-14-30-22(34)10-15-33/h3-9,21,33H,1-2,10-16H2,(H,30,34)(H,31,35)(H,32,38)(H,36,37)/t21-/m0/s1. The van der Waals surface area contributed by atoms with Gasteiger partial charge in [0.25, 0.3) is 5.91 Å². The Morgan fingerprint density at radius 2 is 1.61 bits per heavy atom. The molecule has 1 aliphatic carbocycles. The molecular formula is C27H31Cl2N3O6. The zero-order valence-corrected chi connectivity index (χ0v) is 22.3. The fourth-order valence-corrected chi connectivity index (χ4v) is 5.22. The van der Waals surface area contributed by atoms with Crippen molar-refractivity contribution in [1.29, 1.82) is 0 Å². The van der Waals surface area contributed by atoms with Crippen LogP contribution in [0.5, 0.6) is 0 Å². The van der Waals surface area contributed by atoms with E-state index in [2.05, 4.69) is 16.0 Å². The molecule has 2 aromatic rings. The topological polar surface area (TPSA) is 145 Å². The molecule has 1 aliphatic rings. The van der Waals surface area contributed by atoms with Gasteiger partial charge in [0.05, 0.1) is 27.6 Å². The number of nitrogens with one attached hydrogen (secondary N) is 3. The maximum Gasteiger partial charge on any atom is 0.326 e. The van der Waals surface area contributed by atoms with Gasteiger partial charge in [-0.25, -0.2) is 4.79 Å². The molecule has 9 nitrogen and oxygen atoms in total. The van der Waals surface area contributed by atoms with E-state index >= 15 is 0 Å². The molecule has 204 valence electrons. The lowest BCUT2D eigenvalue weighted by Crippen LogP contribution is -2.49. The number of anilines is 1. The number of carbonyl (C=O) groups is 4. The van der Waals surface area contributed by atoms with Crippen LogP contribution in [0.1, 0.15) is 54.4 Å². The lowest BCUT2D eigenvalue weighted by Gasteiger charge is -2.29. The molecule has 1 fully saturated rings. The second-order valence-electron chi connectivity index (χ2n) is 9.38. The Kier molecular flexibility index (Phi) is 10.5. The SMILES string of the molecule is O=C(CCO)NCCC1(C(=O)N[C@@H](Cc2ccc(NC(=O)c3c(Cl)cccc3Cl)cc2)C(=O)O)CCCC1. The molecule has 5 N–H and O–H groups in total. The molecule has 38 heavy (non-hydrogen) atoms. The van der Waals surface area contributed by atoms with E-state index in [-0.39, 0.29) is 53.4 Å². The van der Waals surface area contributed by atoms with Gasteiger partial charge >= 0.3 is 5.97 Å². The van der Waals surface area contributed by atoms with E-state index in [0.29, 0.717) is 30.5 Å². The van der Waals surface area contributed by atoms with E-state index < -0.39 is 23.3 Å². The second-order valence-corrected chi connectivity index (χ2v) is 10.2. The van der Waals surface area contributed by atoms with Gasteiger partial charge in [-0.15, -0.1) is 0 Å². The Bertz CT molecular complexity index is 1150. The molecule has 0 bridgehead atoms. The largest absolute Gasteiger partial charge is 0.480 e. The highest BCUT2D eigenvalue weighted by Crippen LogP contribution is 2.41. The molecule has 0 aliphatic heterocycles. The quantitative estimate of drug-likeness (QED) is 0.265. The molecule has 3 amide bonds. The summed E-state index contributed by atoms with van der Waals surface area (Å²) in [5.74, 6) is -2.26. The van der Waals surface area contributed by atoms with E-state index in [0.717, 1.165) is 12.8 Å². The Morgan fingerprint density at radius 1 is 0.974 bits per heavy atom. The molecule has 0 radical (unpaired) electrons. The highest BCUT2D eigenvalue weighted by molar-refractivity contribution is 6.40. The minimum Gasteiger partial charge on any atom is -0.480 e. The van der Waals surface area contributed by atoms with Crippen LogP contribution < -0.4 is 16.0 Å². The predicted octanol–water partition coefficient (Wildman–Crippen LogP) is 3.81. The van der Waals surface area contributed by atoms with Gasteiger partial charge in [-0.2, -0.15) is 0 Å². The molecule has 11 heteroatoms. The van der Waals surface area contributed by atoms with E-state index in [4.69, 9.17) is 28.3 Å². The van der Waals surface area contributed by atoms with Gasteiger partial charge in [0.2, 0.25) is 11.8 Å². The van der Waals surface area contributed by atoms with Gasteiger partial charge in [-0.05, 0) is 49.1 Å². The van der Waals surface area contributed by atoms with Crippen LogP contribution in [-0.2, 0) is 20.8 Å². The Hall–Kier alpha value is -3.14. The Morgan fingerprint density at radius 3 is 2.18 bits per heavy atom. The van der Waals surface area contributed by atoms with Crippen molar-refractivity contribution in [3.8, 4) is 0 Å². The van der Waals surface area contributed by atoms with Crippen molar-refractivity contribution in [2.45, 2.75) is 51.0 Å². The molecule has 3 rings (SSSR count). The first-order chi connectivity index (χ1) is 18.1. The molecular weight excluding hydrogens is 533 g/mol. The number of aliphatic hydroxyl groups excluding tert-OH is 1. The van der Waals surface area contributed by atoms with Gasteiger partial charge in [-0.1, -0.05) is 54.2 Å². The number of carboxylic acids is 1. The van der Waals surface area contributed by atoms with Crippen molar-refractivity contribution in [3.05, 3.63) is 63.6 Å². The van der Waals surface area contributed by atoms with Crippen molar-refractivity contribution >= 4 is 52.6 Å². The lowest BCUT2D eigenvalue weighted by atomic mass is 9.81. The third-order valence-electron chi connectivity index (χ3n) is 6.75. The van der Waals surface area contributed by atoms with Gasteiger partial charge in [0, 0.05) is 25.1 Å². The van der Waals surface area contributed by atoms with Gasteiger partial charge in [0.1, 0.15) is 6.04 Å². The van der Waals surface area contributed by atoms with E-state index in [1.54, 1.807) is 42.5 Å². The lowest BCUT2D eigenvalue weighted by molar-refractivity contribution is -0.144. The average Bonchev–Trinajstić information content (AvgIpc) is 3.35. The van der Waals surface area contributed by atoms with Crippen LogP contribution in [0.3, 0.4) is 0 Å². The molecule has 0 saturated heterocycles. The number of rotatable bonds is 12. The smallest absolute Gasteiger partial charge is 0.326 e. The molecule has 1 saturated carbocycles. The number of aliphatic carboxylic acids is 1. The summed E-state index contributed by atoms with van der Waals surface area (Å²) in [5.41, 5.74) is 0.540. The average molecular weight is 564 g/mol. The number of aliphatic hydroxyl groups is 1. The zero-order valence-electron chi connectivity index (χ0n) is 20.8. The maximum atomic E-state index is 13.2. The van der Waals surface area contributed by atoms with Crippen molar-refractivity contribution in [3.63, 3.8) is 0 Å². The first kappa shape index (κ1) is 29.4. The summed E-state index contributed by atoms with van der Waals surface area (Å²) >= 11 is 12.2. The van der Waals surface area contributed by atoms with Crippen LogP contribution in [0.25, 0.3) is 0 Å². The summed E-state index contributed by atoms with van der Waals surface area (Å²) in [4.78, 5) is 49.5. The Balaban J connectivity index is 1.62. The minimum atomic E-state index is -1.16. The van der Waals surface area contributed by atoms with Gasteiger partial charge < -0.3 is 26.2 Å². The number of carbonyl (C=O) groups excluding carboxylic acids is 3. The van der Waals surface area contributed by atoms with Crippen molar-refractivity contribution in [2.75, 3.05) is 18.5 Å². The monoisotopic (exact) mass is 563 g/mol. The first-order valence-electron chi connectivity index (χ1n) is 12.4. The van der Waals surface area contributed by atoms with Crippen molar-refractivity contribution in [2.24, 2.45) is 5.41 Å². The van der Waals surface area contributed by atoms with Gasteiger partial charge in [0.15, 0.2) is 0 Å². The second kappa shape index (κ2) is 13.6. The molecule has 2 aromatic carbocycles. The summed E-state index contributed by atoms with van der Waals surface area (Å²) in [7, 11) is 0. The Labute approximate surface area is 230 Å². The maximum absolute atomic E-state index is 13.2. The number of halogens is 2. The number of amides is 3. The van der Waals surface area contributed by atoms with Crippen molar-refractivity contribution < 1.29 is 29.4 Å². The van der Waals surface area contributed by atoms with Crippen LogP contribution in [0, 0.1) is 5.41 Å². The summed E-state index contributed by atoms with van der Waals surface area (Å²) < 4.78 is 0. The number of carboxylic acid groups (broad SMARTS) is 1. The fourth-order valence-electron chi connectivity index (χ4n) is 4.65. The van der Waals surface area contributed by atoms with Crippen LogP contribution >= 0.6 is 23.2 Å². The fraction of sp³-hybridized carbons (Fsp3) is 0.407. The number of benzene rings is 2. The van der Waals surface area contributed by atoms with E-state index in [9.17, 15) is 24.3 Å². The highest BCUT2D eigenvalue weighted by atomic mass is 35.5. The predicted molar refractivity (Wildman–Crippen MR) is 144 cm³/mol. The van der Waals surface area contributed by atoms with Crippen molar-refractivity contribution in [1.82, 2.24) is 10.6 Å². The summed E-state index contributed by atoms with van der Waals surface area (Å²) in [5, 5.41) is 27.2. The molecule has 0 heterocycles. The molecule has 0 aromatic heterocycles. The normalized spacial score (nSPS) is 14.9. The third-order valence-corrected chi connectivity index (χ3v) is 7.38. The molecule has 0 unspecified atom stereocenters. The zero-order chi connectivity index (χ0) is 27.7. The van der Waals surface area contributed by atoms with Crippen LogP contribution in [0.2, 0.25) is 10.0 Å². The van der Waals surface area contributed by atoms with Crippen LogP contribution in [-0.4, -0.2) is 53.1 Å².